The summed E-state index contributed by atoms with van der Waals surface area (Å²) in [5.74, 6) is 2.12. The molecule has 18 heavy (non-hydrogen) atoms. The zero-order valence-electron chi connectivity index (χ0n) is 10.5. The summed E-state index contributed by atoms with van der Waals surface area (Å²) in [5, 5.41) is 7.66. The molecule has 0 aliphatic heterocycles. The molecular weight excluding hydrogens is 234 g/mol. The molecule has 0 bridgehead atoms. The quantitative estimate of drug-likeness (QED) is 0.882. The van der Waals surface area contributed by atoms with Gasteiger partial charge in [0.2, 0.25) is 11.8 Å². The summed E-state index contributed by atoms with van der Waals surface area (Å²) in [5.41, 5.74) is 6.87. The molecule has 1 aromatic carbocycles. The second-order valence-electron chi connectivity index (χ2n) is 3.75. The highest BCUT2D eigenvalue weighted by atomic mass is 16.5. The predicted molar refractivity (Wildman–Crippen MR) is 64.6 cm³/mol. The average molecular weight is 249 g/mol. The zero-order chi connectivity index (χ0) is 13.1. The molecule has 0 spiro atoms. The normalized spacial score (nSPS) is 12.2. The Morgan fingerprint density at radius 2 is 1.89 bits per heavy atom. The van der Waals surface area contributed by atoms with Crippen molar-refractivity contribution in [2.75, 3.05) is 14.2 Å². The molecule has 0 fully saturated rings. The minimum Gasteiger partial charge on any atom is -0.493 e. The first-order chi connectivity index (χ1) is 8.65. The lowest BCUT2D eigenvalue weighted by atomic mass is 10.1. The van der Waals surface area contributed by atoms with Crippen LogP contribution in [0.3, 0.4) is 0 Å². The van der Waals surface area contributed by atoms with E-state index in [1.165, 1.54) is 0 Å². The summed E-state index contributed by atoms with van der Waals surface area (Å²) in [6, 6.07) is 4.94. The molecule has 1 atom stereocenters. The van der Waals surface area contributed by atoms with Crippen LogP contribution in [-0.2, 0) is 0 Å². The number of aromatic nitrogens is 2. The Balaban J connectivity index is 2.33. The largest absolute Gasteiger partial charge is 0.493 e. The number of rotatable bonds is 4. The third-order valence-electron chi connectivity index (χ3n) is 2.57. The fourth-order valence-corrected chi connectivity index (χ4v) is 1.63. The van der Waals surface area contributed by atoms with Crippen LogP contribution in [0.4, 0.5) is 0 Å². The molecule has 0 saturated carbocycles. The Kier molecular flexibility index (Phi) is 3.47. The van der Waals surface area contributed by atoms with Crippen LogP contribution in [0, 0.1) is 6.92 Å². The molecule has 2 aromatic rings. The summed E-state index contributed by atoms with van der Waals surface area (Å²) in [7, 11) is 3.16. The van der Waals surface area contributed by atoms with Gasteiger partial charge in [-0.2, -0.15) is 0 Å². The van der Waals surface area contributed by atoms with Crippen molar-refractivity contribution in [2.45, 2.75) is 13.0 Å². The van der Waals surface area contributed by atoms with Gasteiger partial charge in [0.25, 0.3) is 0 Å². The van der Waals surface area contributed by atoms with Crippen molar-refractivity contribution in [3.05, 3.63) is 35.5 Å². The number of ether oxygens (including phenoxy) is 2. The molecule has 0 aliphatic rings. The lowest BCUT2D eigenvalue weighted by Crippen LogP contribution is -2.12. The molecule has 2 N–H and O–H groups in total. The van der Waals surface area contributed by atoms with Gasteiger partial charge >= 0.3 is 0 Å². The third kappa shape index (κ3) is 2.28. The van der Waals surface area contributed by atoms with E-state index in [1.807, 2.05) is 6.07 Å². The highest BCUT2D eigenvalue weighted by Crippen LogP contribution is 2.30. The monoisotopic (exact) mass is 249 g/mol. The molecule has 0 saturated heterocycles. The van der Waals surface area contributed by atoms with E-state index in [-0.39, 0.29) is 0 Å². The summed E-state index contributed by atoms with van der Waals surface area (Å²) < 4.78 is 15.7. The van der Waals surface area contributed by atoms with E-state index in [9.17, 15) is 0 Å². The Labute approximate surface area is 105 Å². The van der Waals surface area contributed by atoms with Crippen molar-refractivity contribution >= 4 is 0 Å². The summed E-state index contributed by atoms with van der Waals surface area (Å²) in [6.45, 7) is 1.72. The fraction of sp³-hybridized carbons (Fsp3) is 0.333. The van der Waals surface area contributed by atoms with Gasteiger partial charge in [0.1, 0.15) is 6.04 Å². The maximum Gasteiger partial charge on any atom is 0.237 e. The molecule has 1 aromatic heterocycles. The standard InChI is InChI=1S/C12H15N3O3/c1-7-14-15-12(18-7)11(13)8-4-5-9(16-2)10(6-8)17-3/h4-6,11H,13H2,1-3H3. The zero-order valence-corrected chi connectivity index (χ0v) is 10.5. The summed E-state index contributed by atoms with van der Waals surface area (Å²) >= 11 is 0. The molecule has 6 nitrogen and oxygen atoms in total. The van der Waals surface area contributed by atoms with Crippen LogP contribution in [0.15, 0.2) is 22.6 Å². The molecular formula is C12H15N3O3. The molecule has 0 radical (unpaired) electrons. The molecule has 2 rings (SSSR count). The highest BCUT2D eigenvalue weighted by molar-refractivity contribution is 5.44. The number of methoxy groups -OCH3 is 2. The number of nitrogens with zero attached hydrogens (tertiary/aromatic N) is 2. The number of benzene rings is 1. The van der Waals surface area contributed by atoms with Gasteiger partial charge in [-0.25, -0.2) is 0 Å². The Bertz CT molecular complexity index is 539. The number of aryl methyl sites for hydroxylation is 1. The van der Waals surface area contributed by atoms with E-state index in [1.54, 1.807) is 33.3 Å². The van der Waals surface area contributed by atoms with Crippen LogP contribution in [-0.4, -0.2) is 24.4 Å². The van der Waals surface area contributed by atoms with Crippen LogP contribution < -0.4 is 15.2 Å². The third-order valence-corrected chi connectivity index (χ3v) is 2.57. The first-order valence-electron chi connectivity index (χ1n) is 5.43. The van der Waals surface area contributed by atoms with Gasteiger partial charge in [-0.15, -0.1) is 10.2 Å². The highest BCUT2D eigenvalue weighted by Gasteiger charge is 2.17. The van der Waals surface area contributed by atoms with Gasteiger partial charge in [-0.1, -0.05) is 6.07 Å². The van der Waals surface area contributed by atoms with E-state index in [0.717, 1.165) is 5.56 Å². The topological polar surface area (TPSA) is 83.4 Å². The van der Waals surface area contributed by atoms with Crippen LogP contribution in [0.25, 0.3) is 0 Å². The number of hydrogen-bond acceptors (Lipinski definition) is 6. The summed E-state index contributed by atoms with van der Waals surface area (Å²) in [4.78, 5) is 0. The minimum absolute atomic E-state index is 0.375. The predicted octanol–water partition coefficient (Wildman–Crippen LogP) is 1.44. The van der Waals surface area contributed by atoms with E-state index in [0.29, 0.717) is 23.3 Å². The van der Waals surface area contributed by atoms with Crippen molar-refractivity contribution in [3.63, 3.8) is 0 Å². The maximum atomic E-state index is 6.05. The number of hydrogen-bond donors (Lipinski definition) is 1. The van der Waals surface area contributed by atoms with Crippen molar-refractivity contribution in [3.8, 4) is 11.5 Å². The Morgan fingerprint density at radius 1 is 1.17 bits per heavy atom. The van der Waals surface area contributed by atoms with Crippen LogP contribution in [0.1, 0.15) is 23.4 Å². The lowest BCUT2D eigenvalue weighted by Gasteiger charge is -2.12. The molecule has 96 valence electrons. The first-order valence-corrected chi connectivity index (χ1v) is 5.43. The van der Waals surface area contributed by atoms with Crippen LogP contribution in [0.2, 0.25) is 0 Å². The van der Waals surface area contributed by atoms with E-state index < -0.39 is 6.04 Å². The molecule has 1 unspecified atom stereocenters. The Morgan fingerprint density at radius 3 is 2.44 bits per heavy atom. The second-order valence-corrected chi connectivity index (χ2v) is 3.75. The molecule has 6 heteroatoms. The Hall–Kier alpha value is -2.08. The SMILES string of the molecule is COc1ccc(C(N)c2nnc(C)o2)cc1OC. The maximum absolute atomic E-state index is 6.05. The fourth-order valence-electron chi connectivity index (χ4n) is 1.63. The van der Waals surface area contributed by atoms with Gasteiger partial charge in [-0.05, 0) is 17.7 Å². The van der Waals surface area contributed by atoms with Crippen molar-refractivity contribution in [1.82, 2.24) is 10.2 Å². The minimum atomic E-state index is -0.481. The van der Waals surface area contributed by atoms with Crippen molar-refractivity contribution in [1.29, 1.82) is 0 Å². The van der Waals surface area contributed by atoms with E-state index in [2.05, 4.69) is 10.2 Å². The summed E-state index contributed by atoms with van der Waals surface area (Å²) in [6.07, 6.45) is 0. The average Bonchev–Trinajstić information content (AvgIpc) is 2.83. The smallest absolute Gasteiger partial charge is 0.237 e. The first kappa shape index (κ1) is 12.4. The van der Waals surface area contributed by atoms with Gasteiger partial charge < -0.3 is 19.6 Å². The molecule has 0 amide bonds. The van der Waals surface area contributed by atoms with Crippen LogP contribution in [0.5, 0.6) is 11.5 Å². The van der Waals surface area contributed by atoms with Gasteiger partial charge in [-0.3, -0.25) is 0 Å². The van der Waals surface area contributed by atoms with Crippen molar-refractivity contribution < 1.29 is 13.9 Å². The van der Waals surface area contributed by atoms with E-state index in [4.69, 9.17) is 19.6 Å². The lowest BCUT2D eigenvalue weighted by molar-refractivity contribution is 0.354. The van der Waals surface area contributed by atoms with E-state index >= 15 is 0 Å². The van der Waals surface area contributed by atoms with Gasteiger partial charge in [0, 0.05) is 6.92 Å². The van der Waals surface area contributed by atoms with Crippen LogP contribution >= 0.6 is 0 Å². The molecule has 1 heterocycles. The van der Waals surface area contributed by atoms with Gasteiger partial charge in [0.05, 0.1) is 14.2 Å². The van der Waals surface area contributed by atoms with Gasteiger partial charge in [0.15, 0.2) is 11.5 Å². The van der Waals surface area contributed by atoms with Crippen molar-refractivity contribution in [2.24, 2.45) is 5.73 Å². The molecule has 0 aliphatic carbocycles. The number of nitrogens with two attached hydrogens (primary N) is 1. The second kappa shape index (κ2) is 5.05.